The maximum atomic E-state index is 13.1. The van der Waals surface area contributed by atoms with E-state index >= 15 is 0 Å². The van der Waals surface area contributed by atoms with Crippen molar-refractivity contribution in [3.63, 3.8) is 0 Å². The zero-order chi connectivity index (χ0) is 17.6. The summed E-state index contributed by atoms with van der Waals surface area (Å²) in [6.07, 6.45) is 0.734. The number of fused-ring (bicyclic) bond motifs is 1. The number of benzene rings is 1. The minimum atomic E-state index is -0.324. The van der Waals surface area contributed by atoms with Crippen molar-refractivity contribution < 1.29 is 13.7 Å². The SMILES string of the molecule is CC(=O)N1CCc2c(c(-c3nc(-c4ccc(F)cc4)no3)nn2C)C1. The first kappa shape index (κ1) is 15.5. The monoisotopic (exact) mass is 341 g/mol. The Morgan fingerprint density at radius 1 is 1.28 bits per heavy atom. The van der Waals surface area contributed by atoms with Crippen molar-refractivity contribution in [3.05, 3.63) is 41.3 Å². The van der Waals surface area contributed by atoms with Crippen LogP contribution in [-0.2, 0) is 24.8 Å². The molecule has 0 aliphatic carbocycles. The van der Waals surface area contributed by atoms with Crippen molar-refractivity contribution in [2.45, 2.75) is 19.9 Å². The number of nitrogens with zero attached hydrogens (tertiary/aromatic N) is 5. The summed E-state index contributed by atoms with van der Waals surface area (Å²) in [5, 5.41) is 8.47. The van der Waals surface area contributed by atoms with E-state index in [1.54, 1.807) is 28.6 Å². The lowest BCUT2D eigenvalue weighted by Crippen LogP contribution is -2.34. The molecule has 1 aliphatic rings. The number of carbonyl (C=O) groups excluding carboxylic acids is 1. The van der Waals surface area contributed by atoms with Crippen molar-refractivity contribution >= 4 is 5.91 Å². The third-order valence-corrected chi connectivity index (χ3v) is 4.42. The van der Waals surface area contributed by atoms with Gasteiger partial charge in [-0.3, -0.25) is 9.48 Å². The van der Waals surface area contributed by atoms with E-state index in [-0.39, 0.29) is 11.7 Å². The summed E-state index contributed by atoms with van der Waals surface area (Å²) >= 11 is 0. The fraction of sp³-hybridized carbons (Fsp3) is 0.294. The van der Waals surface area contributed by atoms with Gasteiger partial charge in [0.05, 0.1) is 0 Å². The number of amides is 1. The van der Waals surface area contributed by atoms with Gasteiger partial charge in [0.1, 0.15) is 5.82 Å². The number of aryl methyl sites for hydroxylation is 1. The summed E-state index contributed by atoms with van der Waals surface area (Å²) in [6, 6.07) is 5.88. The van der Waals surface area contributed by atoms with Crippen LogP contribution >= 0.6 is 0 Å². The van der Waals surface area contributed by atoms with Gasteiger partial charge in [-0.05, 0) is 24.3 Å². The molecule has 25 heavy (non-hydrogen) atoms. The fourth-order valence-corrected chi connectivity index (χ4v) is 3.07. The summed E-state index contributed by atoms with van der Waals surface area (Å²) in [4.78, 5) is 17.9. The van der Waals surface area contributed by atoms with E-state index in [9.17, 15) is 9.18 Å². The Morgan fingerprint density at radius 3 is 2.76 bits per heavy atom. The van der Waals surface area contributed by atoms with Gasteiger partial charge >= 0.3 is 0 Å². The van der Waals surface area contributed by atoms with Crippen LogP contribution < -0.4 is 0 Å². The lowest BCUT2D eigenvalue weighted by atomic mass is 10.0. The van der Waals surface area contributed by atoms with Crippen LogP contribution in [0.2, 0.25) is 0 Å². The molecule has 0 N–H and O–H groups in total. The van der Waals surface area contributed by atoms with E-state index < -0.39 is 0 Å². The highest BCUT2D eigenvalue weighted by molar-refractivity contribution is 5.74. The Labute approximate surface area is 143 Å². The molecule has 3 aromatic rings. The fourth-order valence-electron chi connectivity index (χ4n) is 3.07. The predicted molar refractivity (Wildman–Crippen MR) is 86.7 cm³/mol. The Kier molecular flexibility index (Phi) is 3.60. The predicted octanol–water partition coefficient (Wildman–Crippen LogP) is 2.18. The molecule has 1 amide bonds. The minimum Gasteiger partial charge on any atom is -0.338 e. The van der Waals surface area contributed by atoms with Gasteiger partial charge in [0.25, 0.3) is 5.89 Å². The molecule has 1 aromatic carbocycles. The lowest BCUT2D eigenvalue weighted by Gasteiger charge is -2.26. The van der Waals surface area contributed by atoms with Gasteiger partial charge in [-0.15, -0.1) is 0 Å². The number of hydrogen-bond acceptors (Lipinski definition) is 5. The molecule has 4 rings (SSSR count). The van der Waals surface area contributed by atoms with Crippen LogP contribution in [0.25, 0.3) is 23.0 Å². The highest BCUT2D eigenvalue weighted by atomic mass is 19.1. The summed E-state index contributed by atoms with van der Waals surface area (Å²) in [5.74, 6) is 0.365. The molecule has 0 saturated heterocycles. The van der Waals surface area contributed by atoms with E-state index in [1.165, 1.54) is 12.1 Å². The topological polar surface area (TPSA) is 77.1 Å². The molecule has 0 bridgehead atoms. The van der Waals surface area contributed by atoms with E-state index in [4.69, 9.17) is 4.52 Å². The maximum absolute atomic E-state index is 13.1. The number of carbonyl (C=O) groups is 1. The van der Waals surface area contributed by atoms with Crippen LogP contribution in [-0.4, -0.2) is 37.3 Å². The van der Waals surface area contributed by atoms with Gasteiger partial charge in [0.15, 0.2) is 5.69 Å². The van der Waals surface area contributed by atoms with E-state index in [0.29, 0.717) is 36.1 Å². The molecule has 0 unspecified atom stereocenters. The van der Waals surface area contributed by atoms with Crippen LogP contribution in [0.15, 0.2) is 28.8 Å². The van der Waals surface area contributed by atoms with Crippen LogP contribution in [0, 0.1) is 5.82 Å². The van der Waals surface area contributed by atoms with Crippen LogP contribution in [0.4, 0.5) is 4.39 Å². The Morgan fingerprint density at radius 2 is 2.04 bits per heavy atom. The normalized spacial score (nSPS) is 13.8. The average Bonchev–Trinajstić information content (AvgIpc) is 3.20. The molecule has 1 aliphatic heterocycles. The van der Waals surface area contributed by atoms with Gasteiger partial charge in [-0.2, -0.15) is 10.1 Å². The number of halogens is 1. The molecule has 0 saturated carbocycles. The first-order chi connectivity index (χ1) is 12.0. The van der Waals surface area contributed by atoms with E-state index in [0.717, 1.165) is 17.7 Å². The smallest absolute Gasteiger partial charge is 0.279 e. The highest BCUT2D eigenvalue weighted by Gasteiger charge is 2.28. The summed E-state index contributed by atoms with van der Waals surface area (Å²) in [6.45, 7) is 2.70. The second-order valence-electron chi connectivity index (χ2n) is 6.02. The standard InChI is InChI=1S/C17H16FN5O2/c1-10(24)23-8-7-14-13(9-23)15(20-22(14)2)17-19-16(21-25-17)11-3-5-12(18)6-4-11/h3-6H,7-9H2,1-2H3. The largest absolute Gasteiger partial charge is 0.338 e. The Balaban J connectivity index is 1.72. The zero-order valence-electron chi connectivity index (χ0n) is 13.9. The third-order valence-electron chi connectivity index (χ3n) is 4.42. The summed E-state index contributed by atoms with van der Waals surface area (Å²) in [7, 11) is 1.86. The first-order valence-corrected chi connectivity index (χ1v) is 7.93. The third kappa shape index (κ3) is 2.69. The van der Waals surface area contributed by atoms with Crippen molar-refractivity contribution in [2.24, 2.45) is 7.05 Å². The molecular formula is C17H16FN5O2. The van der Waals surface area contributed by atoms with Crippen LogP contribution in [0.1, 0.15) is 18.2 Å². The molecular weight excluding hydrogens is 325 g/mol. The summed E-state index contributed by atoms with van der Waals surface area (Å²) in [5.41, 5.74) is 3.24. The van der Waals surface area contributed by atoms with E-state index in [1.807, 2.05) is 7.05 Å². The Bertz CT molecular complexity index is 945. The molecule has 0 fully saturated rings. The van der Waals surface area contributed by atoms with Gasteiger partial charge in [-0.25, -0.2) is 4.39 Å². The van der Waals surface area contributed by atoms with E-state index in [2.05, 4.69) is 15.2 Å². The first-order valence-electron chi connectivity index (χ1n) is 7.93. The van der Waals surface area contributed by atoms with Crippen LogP contribution in [0.3, 0.4) is 0 Å². The van der Waals surface area contributed by atoms with Crippen molar-refractivity contribution in [1.29, 1.82) is 0 Å². The molecule has 128 valence electrons. The highest BCUT2D eigenvalue weighted by Crippen LogP contribution is 2.30. The lowest BCUT2D eigenvalue weighted by molar-refractivity contribution is -0.129. The van der Waals surface area contributed by atoms with Gasteiger partial charge in [-0.1, -0.05) is 5.16 Å². The molecule has 7 nitrogen and oxygen atoms in total. The van der Waals surface area contributed by atoms with Gasteiger partial charge in [0, 0.05) is 50.3 Å². The van der Waals surface area contributed by atoms with Crippen molar-refractivity contribution in [1.82, 2.24) is 24.8 Å². The Hall–Kier alpha value is -3.03. The van der Waals surface area contributed by atoms with Crippen molar-refractivity contribution in [2.75, 3.05) is 6.54 Å². The summed E-state index contributed by atoms with van der Waals surface area (Å²) < 4.78 is 20.2. The quantitative estimate of drug-likeness (QED) is 0.714. The van der Waals surface area contributed by atoms with Gasteiger partial charge < -0.3 is 9.42 Å². The van der Waals surface area contributed by atoms with Gasteiger partial charge in [0.2, 0.25) is 11.7 Å². The minimum absolute atomic E-state index is 0.0259. The average molecular weight is 341 g/mol. The molecule has 2 aromatic heterocycles. The second kappa shape index (κ2) is 5.80. The van der Waals surface area contributed by atoms with Crippen molar-refractivity contribution in [3.8, 4) is 23.0 Å². The molecule has 3 heterocycles. The molecule has 0 radical (unpaired) electrons. The molecule has 8 heteroatoms. The number of hydrogen-bond donors (Lipinski definition) is 0. The number of aromatic nitrogens is 4. The molecule has 0 spiro atoms. The van der Waals surface area contributed by atoms with Crippen LogP contribution in [0.5, 0.6) is 0 Å². The zero-order valence-corrected chi connectivity index (χ0v) is 13.9. The second-order valence-corrected chi connectivity index (χ2v) is 6.02. The molecule has 0 atom stereocenters. The number of rotatable bonds is 2. The maximum Gasteiger partial charge on any atom is 0.279 e.